The molecule has 3 aromatic rings. The first kappa shape index (κ1) is 36.0. The quantitative estimate of drug-likeness (QED) is 0.130. The van der Waals surface area contributed by atoms with Gasteiger partial charge in [-0.25, -0.2) is 0 Å². The fourth-order valence-electron chi connectivity index (χ4n) is 12.0. The van der Waals surface area contributed by atoms with E-state index in [2.05, 4.69) is 44.2 Å². The third kappa shape index (κ3) is 5.13. The zero-order valence-corrected chi connectivity index (χ0v) is 31.6. The highest BCUT2D eigenvalue weighted by Crippen LogP contribution is 2.78. The molecule has 2 spiro atoms. The Kier molecular flexibility index (Phi) is 8.83. The number of carbonyl (C=O) groups excluding carboxylic acids is 1. The molecule has 1 aromatic heterocycles. The lowest BCUT2D eigenvalue weighted by molar-refractivity contribution is -0.177. The van der Waals surface area contributed by atoms with Crippen LogP contribution in [0.3, 0.4) is 0 Å². The van der Waals surface area contributed by atoms with Gasteiger partial charge in [0.15, 0.2) is 5.78 Å². The molecule has 2 bridgehead atoms. The second-order valence-corrected chi connectivity index (χ2v) is 18.1. The Morgan fingerprint density at radius 3 is 2.48 bits per heavy atom. The number of aliphatic hydroxyl groups excluding tert-OH is 3. The molecule has 9 heteroatoms. The SMILES string of the molecule is COc1ccc(CN(CC(O)CO)CC2(O)CCC3C45C=CC6(C=C4C(=O)c4cc7ccccc7s4)CC(O)CCC6(C)C5CCC32C)c(OC)c1. The van der Waals surface area contributed by atoms with Crippen LogP contribution in [0.4, 0.5) is 0 Å². The molecule has 4 N–H and O–H groups in total. The number of allylic oxidation sites excluding steroid dienone is 4. The highest BCUT2D eigenvalue weighted by Gasteiger charge is 2.74. The normalized spacial score (nSPS) is 36.6. The number of hydrogen-bond acceptors (Lipinski definition) is 9. The van der Waals surface area contributed by atoms with Gasteiger partial charge in [0, 0.05) is 57.8 Å². The van der Waals surface area contributed by atoms with Crippen molar-refractivity contribution < 1.29 is 34.7 Å². The molecule has 3 saturated carbocycles. The zero-order valence-electron chi connectivity index (χ0n) is 30.8. The minimum Gasteiger partial charge on any atom is -0.497 e. The Morgan fingerprint density at radius 2 is 1.73 bits per heavy atom. The summed E-state index contributed by atoms with van der Waals surface area (Å²) in [7, 11) is 3.23. The van der Waals surface area contributed by atoms with Gasteiger partial charge in [-0.3, -0.25) is 9.69 Å². The highest BCUT2D eigenvalue weighted by molar-refractivity contribution is 7.21. The van der Waals surface area contributed by atoms with E-state index in [-0.39, 0.29) is 36.2 Å². The topological polar surface area (TPSA) is 120 Å². The summed E-state index contributed by atoms with van der Waals surface area (Å²) in [5, 5.41) is 45.8. The molecule has 1 heterocycles. The number of benzene rings is 2. The van der Waals surface area contributed by atoms with Crippen LogP contribution in [-0.4, -0.2) is 82.8 Å². The summed E-state index contributed by atoms with van der Waals surface area (Å²) in [5.74, 6) is 1.62. The Balaban J connectivity index is 1.19. The molecule has 2 aromatic carbocycles. The van der Waals surface area contributed by atoms with E-state index in [4.69, 9.17) is 9.47 Å². The van der Waals surface area contributed by atoms with Crippen LogP contribution in [0.1, 0.15) is 74.0 Å². The lowest BCUT2D eigenvalue weighted by atomic mass is 9.32. The van der Waals surface area contributed by atoms with Crippen LogP contribution >= 0.6 is 11.3 Å². The van der Waals surface area contributed by atoms with Gasteiger partial charge in [-0.1, -0.05) is 56.3 Å². The lowest BCUT2D eigenvalue weighted by Crippen LogP contribution is -2.67. The predicted octanol–water partition coefficient (Wildman–Crippen LogP) is 6.55. The molecular formula is C43H53NO7S. The predicted molar refractivity (Wildman–Crippen MR) is 203 cm³/mol. The summed E-state index contributed by atoms with van der Waals surface area (Å²) < 4.78 is 12.2. The van der Waals surface area contributed by atoms with E-state index in [1.807, 2.05) is 41.3 Å². The fraction of sp³-hybridized carbons (Fsp3) is 0.558. The maximum Gasteiger partial charge on any atom is 0.199 e. The van der Waals surface area contributed by atoms with Crippen LogP contribution < -0.4 is 9.47 Å². The monoisotopic (exact) mass is 727 g/mol. The van der Waals surface area contributed by atoms with Crippen molar-refractivity contribution in [2.45, 2.75) is 83.1 Å². The average molecular weight is 728 g/mol. The second-order valence-electron chi connectivity index (χ2n) is 17.0. The van der Waals surface area contributed by atoms with Gasteiger partial charge >= 0.3 is 0 Å². The molecule has 0 radical (unpaired) electrons. The smallest absolute Gasteiger partial charge is 0.199 e. The van der Waals surface area contributed by atoms with Crippen LogP contribution in [0.2, 0.25) is 0 Å². The zero-order chi connectivity index (χ0) is 36.7. The molecule has 8 nitrogen and oxygen atoms in total. The maximum absolute atomic E-state index is 15.1. The molecule has 9 unspecified atom stereocenters. The van der Waals surface area contributed by atoms with Gasteiger partial charge in [0.1, 0.15) is 11.5 Å². The number of nitrogens with zero attached hydrogens (tertiary/aromatic N) is 1. The minimum atomic E-state index is -1.12. The molecule has 3 fully saturated rings. The number of thiophene rings is 1. The summed E-state index contributed by atoms with van der Waals surface area (Å²) in [6.07, 6.45) is 10.9. The van der Waals surface area contributed by atoms with E-state index in [0.717, 1.165) is 58.2 Å². The van der Waals surface area contributed by atoms with Crippen molar-refractivity contribution in [3.63, 3.8) is 0 Å². The van der Waals surface area contributed by atoms with Gasteiger partial charge in [0.2, 0.25) is 0 Å². The molecule has 0 amide bonds. The van der Waals surface area contributed by atoms with E-state index in [9.17, 15) is 20.4 Å². The molecule has 9 atom stereocenters. The maximum atomic E-state index is 15.1. The first-order valence-electron chi connectivity index (χ1n) is 18.9. The fourth-order valence-corrected chi connectivity index (χ4v) is 13.0. The summed E-state index contributed by atoms with van der Waals surface area (Å²) in [6.45, 7) is 5.15. The molecule has 52 heavy (non-hydrogen) atoms. The Labute approximate surface area is 310 Å². The van der Waals surface area contributed by atoms with Crippen molar-refractivity contribution in [2.75, 3.05) is 33.9 Å². The van der Waals surface area contributed by atoms with E-state index < -0.39 is 34.1 Å². The van der Waals surface area contributed by atoms with Gasteiger partial charge in [-0.15, -0.1) is 11.3 Å². The number of Topliss-reactive ketones (excluding diaryl/α,β-unsaturated/α-hetero) is 1. The Hall–Kier alpha value is -3.05. The third-order valence-electron chi connectivity index (χ3n) is 14.7. The number of methoxy groups -OCH3 is 2. The van der Waals surface area contributed by atoms with Crippen molar-refractivity contribution in [2.24, 2.45) is 33.5 Å². The molecular weight excluding hydrogens is 675 g/mol. The van der Waals surface area contributed by atoms with Gasteiger partial charge in [0.05, 0.1) is 43.5 Å². The van der Waals surface area contributed by atoms with E-state index >= 15 is 4.79 Å². The van der Waals surface area contributed by atoms with Crippen molar-refractivity contribution >= 4 is 27.2 Å². The van der Waals surface area contributed by atoms with Crippen molar-refractivity contribution in [3.05, 3.63) is 82.8 Å². The number of hydrogen-bond donors (Lipinski definition) is 4. The van der Waals surface area contributed by atoms with Crippen LogP contribution in [0.25, 0.3) is 10.1 Å². The summed E-state index contributed by atoms with van der Waals surface area (Å²) >= 11 is 1.55. The second kappa shape index (κ2) is 12.8. The van der Waals surface area contributed by atoms with Gasteiger partial charge in [-0.05, 0) is 85.8 Å². The van der Waals surface area contributed by atoms with E-state index in [1.54, 1.807) is 25.6 Å². The first-order chi connectivity index (χ1) is 24.8. The largest absolute Gasteiger partial charge is 0.497 e. The molecule has 6 aliphatic carbocycles. The van der Waals surface area contributed by atoms with Crippen molar-refractivity contribution in [1.29, 1.82) is 0 Å². The van der Waals surface area contributed by atoms with Gasteiger partial charge in [0.25, 0.3) is 0 Å². The average Bonchev–Trinajstić information content (AvgIpc) is 3.69. The van der Waals surface area contributed by atoms with Crippen LogP contribution in [0.5, 0.6) is 11.5 Å². The van der Waals surface area contributed by atoms with E-state index in [1.165, 1.54) is 0 Å². The standard InChI is InChI=1S/C43H53NO7S/c1-39-14-11-29(46)21-41(39)17-18-43(32(22-41)38(48)35-19-27-7-5-6-8-34(27)52-35)36(39)12-15-40(2)37(43)13-16-42(40,49)26-44(24-30(47)25-45)23-28-9-10-31(50-3)20-33(28)51-4/h5-10,17-20,22,29-30,36-37,45-47,49H,11-16,21,23-26H2,1-4H3. The summed E-state index contributed by atoms with van der Waals surface area (Å²) in [4.78, 5) is 17.9. The summed E-state index contributed by atoms with van der Waals surface area (Å²) in [5.41, 5.74) is -0.981. The number of carbonyl (C=O) groups is 1. The lowest BCUT2D eigenvalue weighted by Gasteiger charge is -2.71. The Bertz CT molecular complexity index is 1910. The molecule has 0 saturated heterocycles. The number of ketones is 1. The minimum absolute atomic E-state index is 0.00620. The number of ether oxygens (including phenoxy) is 2. The highest BCUT2D eigenvalue weighted by atomic mass is 32.1. The third-order valence-corrected chi connectivity index (χ3v) is 15.8. The van der Waals surface area contributed by atoms with Gasteiger partial charge < -0.3 is 29.9 Å². The van der Waals surface area contributed by atoms with Crippen LogP contribution in [-0.2, 0) is 6.54 Å². The van der Waals surface area contributed by atoms with Crippen LogP contribution in [0, 0.1) is 33.5 Å². The first-order valence-corrected chi connectivity index (χ1v) is 19.8. The molecule has 9 rings (SSSR count). The number of rotatable bonds is 11. The van der Waals surface area contributed by atoms with Crippen LogP contribution in [0.15, 0.2) is 72.3 Å². The summed E-state index contributed by atoms with van der Waals surface area (Å²) in [6, 6.07) is 15.9. The van der Waals surface area contributed by atoms with Gasteiger partial charge in [-0.2, -0.15) is 0 Å². The number of fused-ring (bicyclic) bond motifs is 2. The van der Waals surface area contributed by atoms with Crippen molar-refractivity contribution in [3.8, 4) is 11.5 Å². The molecule has 0 aliphatic heterocycles. The number of aliphatic hydroxyl groups is 4. The van der Waals surface area contributed by atoms with E-state index in [0.29, 0.717) is 37.4 Å². The molecule has 6 aliphatic rings. The van der Waals surface area contributed by atoms with Crippen molar-refractivity contribution in [1.82, 2.24) is 4.90 Å². The Morgan fingerprint density at radius 1 is 0.981 bits per heavy atom. The molecule has 278 valence electrons.